The van der Waals surface area contributed by atoms with Gasteiger partial charge in [0.05, 0.1) is 102 Å². The summed E-state index contributed by atoms with van der Waals surface area (Å²) in [5.74, 6) is 4.63. The molecule has 6 aliphatic rings. The fraction of sp³-hybridized carbons (Fsp3) is 0.670. The fourth-order valence-corrected chi connectivity index (χ4v) is 20.9. The van der Waals surface area contributed by atoms with Gasteiger partial charge in [0.2, 0.25) is 40.8 Å². The van der Waals surface area contributed by atoms with Gasteiger partial charge in [0.1, 0.15) is 55.8 Å². The molecule has 44 heteroatoms. The number of hydrogen-bond donors (Lipinski definition) is 13. The van der Waals surface area contributed by atoms with Gasteiger partial charge in [-0.25, -0.2) is 14.4 Å². The van der Waals surface area contributed by atoms with E-state index in [2.05, 4.69) is 55.7 Å². The van der Waals surface area contributed by atoms with E-state index in [1.54, 1.807) is 115 Å². The number of aliphatic hydroxyl groups excluding tert-OH is 4. The maximum Gasteiger partial charge on any atom is 0.407 e. The van der Waals surface area contributed by atoms with Crippen molar-refractivity contribution in [3.63, 3.8) is 0 Å². The van der Waals surface area contributed by atoms with Crippen LogP contribution in [0.4, 0.5) is 20.1 Å². The number of hydrogen-bond acceptors (Lipinski definition) is 34. The normalized spacial score (nSPS) is 27.7. The minimum absolute atomic E-state index is 0.0130. The number of urea groups is 1. The summed E-state index contributed by atoms with van der Waals surface area (Å²) in [6, 6.07) is 0.983. The Labute approximate surface area is 830 Å². The number of carbonyl (C=O) groups excluding carboxylic acids is 10. The van der Waals surface area contributed by atoms with Crippen molar-refractivity contribution in [1.82, 2.24) is 36.5 Å². The van der Waals surface area contributed by atoms with E-state index in [0.717, 1.165) is 18.9 Å². The molecule has 2 aromatic carbocycles. The number of halogens is 1. The standard InChI is InChI=1S/C94H136IN9O31S3/c1-18-20-21-22-23-27-64(72-59(36-40-136-138-50(7)8)94(121,49(5)6)44-63(107)76(72)101-93(120)126-17)132-90-83(78(112)75(52(10)130-90)102-135-70-42-62(106)85(54(12)129-70)137-88(117)71-51(9)73(95)81(84(125-16)80(71)123-14)134-89-79(113)82(124-15)77(111)53(11)131-89)133-69-43-65(122-13)60(47-127-69)104(19-2)68(110)45-98-92(119)128-46-55-30-32-58(33-31-55)99-86(114)57(26-25-37-97-91(96)118)41-61(105)74(48(3)4)100-66(108)28-24-29-67(109)103-38-34-56(35-39-103)87(115)116/h21-22,30-33,36,48-50,52-54,56-57,60,62,64-65,69-70,72,74-79,82-83,85,89-90,102,106,111-113,121H,19,24-26,28-29,34-35,37-47H2,1-17H3,(H,98,119)(H,99,114)(H,100,108)(H,101,120)(H,115,116)(H3,96,97,118)/b22-21-,59-36+/t52?,53?,54?,57-,60?,62?,64+,65?,69?,70?,72?,74+,75?,76?,77?,78?,79?,82?,83?,85?,89?,90?,94-/m1/s1. The summed E-state index contributed by atoms with van der Waals surface area (Å²) in [4.78, 5) is 157. The molecular weight excluding hydrogens is 1970 g/mol. The Morgan fingerprint density at radius 3 is 2.11 bits per heavy atom. The van der Waals surface area contributed by atoms with Gasteiger partial charge in [0, 0.05) is 107 Å². The topological polar surface area (TPSA) is 543 Å². The second kappa shape index (κ2) is 55.4. The van der Waals surface area contributed by atoms with Crippen LogP contribution >= 0.6 is 55.9 Å². The number of nitrogens with zero attached hydrogens (tertiary/aromatic N) is 2. The van der Waals surface area contributed by atoms with Crippen molar-refractivity contribution < 1.29 is 150 Å². The minimum Gasteiger partial charge on any atom is -0.492 e. The SMILES string of the molecule is CC#C/C=C\C#C[C@H](OC1OC(C)C(NOC2CC(O)C(SC(=O)c3c(C)c(I)c(OC4OC(C)C(O)C(OC)C4O)c(OC)c3OC)C(C)O2)C(O)C1OC1CC(OC)C(N(CC)C(=O)CNC(=O)OCc2ccc(NC(=O)[C@H](CCCNC(N)=O)CC(=O)[C@@H](NC(=O)CCCC(=O)N3CCC(C(=O)O)CC3)C(C)C)cc2)CO1)C1/C(=C\CSSC(C)C)[C@](O)(C(C)C)CC(=O)C1NC(=O)OC. The van der Waals surface area contributed by atoms with Crippen LogP contribution in [0.25, 0.3) is 0 Å². The average molecular weight is 2110 g/mol. The quantitative estimate of drug-likeness (QED) is 0.00842. The summed E-state index contributed by atoms with van der Waals surface area (Å²) in [7, 11) is 9.62. The first-order valence-electron chi connectivity index (χ1n) is 46.1. The van der Waals surface area contributed by atoms with E-state index in [1.807, 2.05) is 36.4 Å². The summed E-state index contributed by atoms with van der Waals surface area (Å²) < 4.78 is 79.8. The van der Waals surface area contributed by atoms with Crippen molar-refractivity contribution in [2.45, 2.75) is 293 Å². The Morgan fingerprint density at radius 2 is 1.49 bits per heavy atom. The molecule has 19 unspecified atom stereocenters. The Balaban J connectivity index is 0.965. The zero-order valence-electron chi connectivity index (χ0n) is 81.0. The summed E-state index contributed by atoms with van der Waals surface area (Å²) >= 11 is 2.75. The number of primary amides is 1. The van der Waals surface area contributed by atoms with Gasteiger partial charge in [-0.2, -0.15) is 5.48 Å². The first-order chi connectivity index (χ1) is 65.6. The number of carbonyl (C=O) groups is 11. The molecule has 8 amide bonds. The van der Waals surface area contributed by atoms with Crippen molar-refractivity contribution >= 4 is 126 Å². The average Bonchev–Trinajstić information content (AvgIpc) is 0.745. The molecule has 0 aromatic heterocycles. The maximum atomic E-state index is 14.8. The number of rotatable bonds is 44. The van der Waals surface area contributed by atoms with Gasteiger partial charge in [0.15, 0.2) is 41.9 Å². The number of ether oxygens (including phenoxy) is 13. The molecule has 8 rings (SSSR count). The van der Waals surface area contributed by atoms with Crippen LogP contribution in [-0.4, -0.2) is 318 Å². The number of piperidine rings is 1. The largest absolute Gasteiger partial charge is 0.492 e. The van der Waals surface area contributed by atoms with Gasteiger partial charge < -0.3 is 134 Å². The number of thioether (sulfide) groups is 1. The van der Waals surface area contributed by atoms with Crippen molar-refractivity contribution in [3.05, 3.63) is 68.3 Å². The molecule has 138 heavy (non-hydrogen) atoms. The third kappa shape index (κ3) is 31.4. The van der Waals surface area contributed by atoms with E-state index in [9.17, 15) is 83.4 Å². The van der Waals surface area contributed by atoms with Gasteiger partial charge in [0.25, 0.3) is 0 Å². The van der Waals surface area contributed by atoms with Crippen molar-refractivity contribution in [1.29, 1.82) is 0 Å². The van der Waals surface area contributed by atoms with Crippen molar-refractivity contribution in [3.8, 4) is 40.9 Å². The number of carboxylic acid groups (broad SMARTS) is 1. The summed E-state index contributed by atoms with van der Waals surface area (Å²) in [6.07, 6.45) is -16.1. The lowest BCUT2D eigenvalue weighted by molar-refractivity contribution is -0.340. The monoisotopic (exact) mass is 2110 g/mol. The predicted molar refractivity (Wildman–Crippen MR) is 516 cm³/mol. The van der Waals surface area contributed by atoms with E-state index in [-0.39, 0.29) is 118 Å². The highest BCUT2D eigenvalue weighted by Crippen LogP contribution is 2.50. The van der Waals surface area contributed by atoms with Gasteiger partial charge in [-0.05, 0) is 149 Å². The lowest BCUT2D eigenvalue weighted by Gasteiger charge is -2.49. The molecule has 0 bridgehead atoms. The number of aliphatic carboxylic acids is 1. The van der Waals surface area contributed by atoms with E-state index in [1.165, 1.54) is 56.3 Å². The summed E-state index contributed by atoms with van der Waals surface area (Å²) in [6.45, 7) is 20.6. The minimum atomic E-state index is -1.84. The molecule has 1 aliphatic carbocycles. The van der Waals surface area contributed by atoms with Gasteiger partial charge >= 0.3 is 24.2 Å². The van der Waals surface area contributed by atoms with Crippen LogP contribution < -0.4 is 52.0 Å². The number of likely N-dealkylation sites (N-methyl/N-ethyl adjacent to an activating group) is 1. The van der Waals surface area contributed by atoms with E-state index >= 15 is 0 Å². The number of aliphatic hydroxyl groups is 5. The molecule has 23 atom stereocenters. The Morgan fingerprint density at radius 1 is 0.804 bits per heavy atom. The number of amides is 8. The molecule has 5 saturated heterocycles. The fourth-order valence-electron chi connectivity index (χ4n) is 17.2. The lowest BCUT2D eigenvalue weighted by atomic mass is 9.64. The zero-order valence-corrected chi connectivity index (χ0v) is 85.6. The number of alkyl carbamates (subject to hydrolysis) is 2. The number of ketones is 2. The maximum absolute atomic E-state index is 14.8. The second-order valence-electron chi connectivity index (χ2n) is 35.3. The number of methoxy groups -OCH3 is 5. The highest BCUT2D eigenvalue weighted by Gasteiger charge is 2.57. The Hall–Kier alpha value is -8.21. The lowest BCUT2D eigenvalue weighted by Crippen LogP contribution is -2.66. The highest BCUT2D eigenvalue weighted by atomic mass is 127. The van der Waals surface area contributed by atoms with E-state index in [4.69, 9.17) is 72.2 Å². The van der Waals surface area contributed by atoms with Gasteiger partial charge in [-0.15, -0.1) is 5.92 Å². The molecule has 1 saturated carbocycles. The molecular formula is C94H136IN9O31S3. The third-order valence-corrected chi connectivity index (χ3v) is 30.4. The number of anilines is 1. The first-order valence-corrected chi connectivity index (χ1v) is 50.4. The Kier molecular flexibility index (Phi) is 46.2. The van der Waals surface area contributed by atoms with Crippen molar-refractivity contribution in [2.75, 3.05) is 85.9 Å². The second-order valence-corrected chi connectivity index (χ2v) is 40.5. The van der Waals surface area contributed by atoms with Crippen LogP contribution in [-0.2, 0) is 92.4 Å². The number of benzene rings is 2. The third-order valence-electron chi connectivity index (χ3n) is 24.9. The summed E-state index contributed by atoms with van der Waals surface area (Å²) in [5.41, 5.74) is 7.92. The number of nitrogens with one attached hydrogen (secondary N) is 6. The molecule has 768 valence electrons. The molecule has 0 radical (unpaired) electrons. The van der Waals surface area contributed by atoms with Crippen LogP contribution in [0.2, 0.25) is 0 Å². The molecule has 2 aromatic rings. The highest BCUT2D eigenvalue weighted by molar-refractivity contribution is 14.1. The van der Waals surface area contributed by atoms with Crippen LogP contribution in [0.5, 0.6) is 17.2 Å². The molecule has 0 spiro atoms. The van der Waals surface area contributed by atoms with Gasteiger partial charge in [-0.3, -0.25) is 43.2 Å². The van der Waals surface area contributed by atoms with Crippen molar-refractivity contribution in [2.24, 2.45) is 35.3 Å². The van der Waals surface area contributed by atoms with E-state index in [0.29, 0.717) is 57.6 Å². The predicted octanol–water partition coefficient (Wildman–Crippen LogP) is 6.48. The molecule has 40 nitrogen and oxygen atoms in total. The van der Waals surface area contributed by atoms with Gasteiger partial charge in [-0.1, -0.05) is 111 Å². The number of carboxylic acids is 1. The van der Waals surface area contributed by atoms with Crippen LogP contribution in [0.15, 0.2) is 48.1 Å². The number of likely N-dealkylation sites (tertiary alicyclic amines) is 1. The smallest absolute Gasteiger partial charge is 0.407 e. The summed E-state index contributed by atoms with van der Waals surface area (Å²) in [5, 5.41) is 81.2. The van der Waals surface area contributed by atoms with Crippen LogP contribution in [0.3, 0.4) is 0 Å². The molecule has 6 fully saturated rings. The number of nitrogens with two attached hydrogens (primary N) is 1. The number of hydroxylamine groups is 1. The van der Waals surface area contributed by atoms with Crippen LogP contribution in [0.1, 0.15) is 168 Å². The molecule has 14 N–H and O–H groups in total. The first kappa shape index (κ1) is 115. The Bertz CT molecular complexity index is 4650. The van der Waals surface area contributed by atoms with Crippen LogP contribution in [0, 0.1) is 63.8 Å². The van der Waals surface area contributed by atoms with E-state index < -0.39 is 223 Å². The number of allylic oxidation sites excluding steroid dienone is 2. The number of Topliss-reactive ketones (excluding diaryl/α,β-unsaturated/α-hetero) is 2. The zero-order chi connectivity index (χ0) is 102. The molecule has 5 aliphatic heterocycles. The molecule has 5 heterocycles.